The van der Waals surface area contributed by atoms with Gasteiger partial charge in [0.2, 0.25) is 0 Å². The summed E-state index contributed by atoms with van der Waals surface area (Å²) in [5, 5.41) is 13.0. The van der Waals surface area contributed by atoms with E-state index in [1.807, 2.05) is 6.07 Å². The molecular formula is C24H23FN2O2. The van der Waals surface area contributed by atoms with Crippen molar-refractivity contribution in [2.45, 2.75) is 19.3 Å². The fraction of sp³-hybridized carbons (Fsp3) is 0.208. The molecule has 5 heteroatoms. The number of nitrogens with one attached hydrogen (secondary N) is 1. The number of phenolic OH excluding ortho intramolecular Hbond substituents is 1. The number of hydrogen-bond donors (Lipinski definition) is 2. The molecule has 1 amide bonds. The van der Waals surface area contributed by atoms with Gasteiger partial charge in [-0.25, -0.2) is 4.39 Å². The molecule has 4 rings (SSSR count). The third-order valence-corrected chi connectivity index (χ3v) is 5.25. The first kappa shape index (κ1) is 19.0. The quantitative estimate of drug-likeness (QED) is 0.624. The molecule has 0 spiro atoms. The van der Waals surface area contributed by atoms with Crippen LogP contribution in [0.4, 0.5) is 15.8 Å². The van der Waals surface area contributed by atoms with Gasteiger partial charge in [-0.15, -0.1) is 0 Å². The van der Waals surface area contributed by atoms with Gasteiger partial charge in [0.25, 0.3) is 5.91 Å². The molecule has 1 heterocycles. The highest BCUT2D eigenvalue weighted by atomic mass is 19.1. The molecule has 0 bridgehead atoms. The van der Waals surface area contributed by atoms with Crippen LogP contribution in [0.5, 0.6) is 5.75 Å². The highest BCUT2D eigenvalue weighted by Crippen LogP contribution is 2.28. The smallest absolute Gasteiger partial charge is 0.259 e. The number of hydrogen-bond acceptors (Lipinski definition) is 3. The summed E-state index contributed by atoms with van der Waals surface area (Å²) < 4.78 is 14.1. The van der Waals surface area contributed by atoms with Crippen LogP contribution in [-0.4, -0.2) is 24.1 Å². The number of nitrogens with zero attached hydrogens (tertiary/aromatic N) is 1. The number of anilines is 2. The molecule has 0 aromatic heterocycles. The van der Waals surface area contributed by atoms with E-state index >= 15 is 0 Å². The second-order valence-corrected chi connectivity index (χ2v) is 7.26. The van der Waals surface area contributed by atoms with Gasteiger partial charge in [0.05, 0.1) is 5.56 Å². The molecular weight excluding hydrogens is 367 g/mol. The van der Waals surface area contributed by atoms with E-state index < -0.39 is 5.91 Å². The van der Waals surface area contributed by atoms with E-state index in [4.69, 9.17) is 0 Å². The van der Waals surface area contributed by atoms with E-state index in [0.29, 0.717) is 16.8 Å². The molecule has 0 unspecified atom stereocenters. The number of carbonyl (C=O) groups excluding carboxylic acids is 1. The lowest BCUT2D eigenvalue weighted by Gasteiger charge is -2.29. The van der Waals surface area contributed by atoms with Crippen molar-refractivity contribution >= 4 is 17.3 Å². The minimum atomic E-state index is -0.396. The standard InChI is InChI=1S/C24H23FN2O2/c25-22-10-3-2-9-20(22)17-7-6-8-18(15-17)26-24(29)21-16-19(11-12-23(21)28)27-13-4-1-5-14-27/h2-3,6-12,15-16,28H,1,4-5,13-14H2,(H,26,29). The van der Waals surface area contributed by atoms with Gasteiger partial charge in [0.1, 0.15) is 11.6 Å². The molecule has 3 aromatic carbocycles. The Labute approximate surface area is 169 Å². The van der Waals surface area contributed by atoms with E-state index in [-0.39, 0.29) is 17.1 Å². The van der Waals surface area contributed by atoms with Gasteiger partial charge >= 0.3 is 0 Å². The maximum Gasteiger partial charge on any atom is 0.259 e. The van der Waals surface area contributed by atoms with Crippen LogP contribution in [0.2, 0.25) is 0 Å². The first-order chi connectivity index (χ1) is 14.1. The molecule has 1 aliphatic heterocycles. The van der Waals surface area contributed by atoms with Crippen molar-refractivity contribution in [1.82, 2.24) is 0 Å². The van der Waals surface area contributed by atoms with Crippen LogP contribution in [0, 0.1) is 5.82 Å². The van der Waals surface area contributed by atoms with E-state index in [9.17, 15) is 14.3 Å². The monoisotopic (exact) mass is 390 g/mol. The number of piperidine rings is 1. The van der Waals surface area contributed by atoms with Gasteiger partial charge in [-0.1, -0.05) is 30.3 Å². The first-order valence-corrected chi connectivity index (χ1v) is 9.86. The van der Waals surface area contributed by atoms with Crippen LogP contribution in [0.15, 0.2) is 66.7 Å². The van der Waals surface area contributed by atoms with Crippen LogP contribution in [-0.2, 0) is 0 Å². The zero-order chi connectivity index (χ0) is 20.2. The minimum absolute atomic E-state index is 0.0616. The zero-order valence-corrected chi connectivity index (χ0v) is 16.1. The molecule has 0 radical (unpaired) electrons. The number of halogens is 1. The summed E-state index contributed by atoms with van der Waals surface area (Å²) in [7, 11) is 0. The Morgan fingerprint density at radius 1 is 0.931 bits per heavy atom. The first-order valence-electron chi connectivity index (χ1n) is 9.86. The summed E-state index contributed by atoms with van der Waals surface area (Å²) in [4.78, 5) is 15.1. The van der Waals surface area contributed by atoms with E-state index in [2.05, 4.69) is 10.2 Å². The lowest BCUT2D eigenvalue weighted by molar-refractivity contribution is 0.102. The normalized spacial score (nSPS) is 13.9. The van der Waals surface area contributed by atoms with E-state index in [1.54, 1.807) is 54.6 Å². The number of rotatable bonds is 4. The average molecular weight is 390 g/mol. The number of benzene rings is 3. The fourth-order valence-corrected chi connectivity index (χ4v) is 3.71. The molecule has 1 saturated heterocycles. The van der Waals surface area contributed by atoms with Gasteiger partial charge in [-0.2, -0.15) is 0 Å². The Morgan fingerprint density at radius 3 is 2.52 bits per heavy atom. The predicted octanol–water partition coefficient (Wildman–Crippen LogP) is 5.44. The summed E-state index contributed by atoms with van der Waals surface area (Å²) in [6, 6.07) is 18.7. The lowest BCUT2D eigenvalue weighted by Crippen LogP contribution is -2.29. The summed E-state index contributed by atoms with van der Waals surface area (Å²) in [5.41, 5.74) is 2.85. The zero-order valence-electron chi connectivity index (χ0n) is 16.1. The van der Waals surface area contributed by atoms with Crippen molar-refractivity contribution in [3.8, 4) is 16.9 Å². The molecule has 2 N–H and O–H groups in total. The Bertz CT molecular complexity index is 1030. The molecule has 0 aliphatic carbocycles. The fourth-order valence-electron chi connectivity index (χ4n) is 3.71. The molecule has 3 aromatic rings. The van der Waals surface area contributed by atoms with Crippen LogP contribution in [0.1, 0.15) is 29.6 Å². The van der Waals surface area contributed by atoms with Crippen molar-refractivity contribution in [2.75, 3.05) is 23.3 Å². The maximum atomic E-state index is 14.1. The molecule has 148 valence electrons. The van der Waals surface area contributed by atoms with Gasteiger partial charge in [0.15, 0.2) is 0 Å². The molecule has 0 atom stereocenters. The van der Waals surface area contributed by atoms with Gasteiger partial charge in [-0.3, -0.25) is 4.79 Å². The van der Waals surface area contributed by atoms with E-state index in [0.717, 1.165) is 31.6 Å². The Balaban J connectivity index is 1.57. The highest BCUT2D eigenvalue weighted by Gasteiger charge is 2.17. The molecule has 0 saturated carbocycles. The van der Waals surface area contributed by atoms with Crippen molar-refractivity contribution in [1.29, 1.82) is 0 Å². The van der Waals surface area contributed by atoms with Crippen LogP contribution in [0.25, 0.3) is 11.1 Å². The number of phenols is 1. The second-order valence-electron chi connectivity index (χ2n) is 7.26. The van der Waals surface area contributed by atoms with Crippen LogP contribution < -0.4 is 10.2 Å². The van der Waals surface area contributed by atoms with Gasteiger partial charge < -0.3 is 15.3 Å². The Morgan fingerprint density at radius 2 is 1.72 bits per heavy atom. The average Bonchev–Trinajstić information content (AvgIpc) is 2.75. The third kappa shape index (κ3) is 4.24. The SMILES string of the molecule is O=C(Nc1cccc(-c2ccccc2F)c1)c1cc(N2CCCCC2)ccc1O. The number of aromatic hydroxyl groups is 1. The summed E-state index contributed by atoms with van der Waals surface area (Å²) in [5.74, 6) is -0.775. The van der Waals surface area contributed by atoms with Crippen LogP contribution >= 0.6 is 0 Å². The van der Waals surface area contributed by atoms with Gasteiger partial charge in [-0.05, 0) is 61.2 Å². The molecule has 29 heavy (non-hydrogen) atoms. The minimum Gasteiger partial charge on any atom is -0.507 e. The summed E-state index contributed by atoms with van der Waals surface area (Å²) in [6.45, 7) is 1.91. The highest BCUT2D eigenvalue weighted by molar-refractivity contribution is 6.07. The lowest BCUT2D eigenvalue weighted by atomic mass is 10.0. The third-order valence-electron chi connectivity index (χ3n) is 5.25. The predicted molar refractivity (Wildman–Crippen MR) is 114 cm³/mol. The van der Waals surface area contributed by atoms with Crippen molar-refractivity contribution < 1.29 is 14.3 Å². The molecule has 1 fully saturated rings. The molecule has 4 nitrogen and oxygen atoms in total. The largest absolute Gasteiger partial charge is 0.507 e. The van der Waals surface area contributed by atoms with Crippen molar-refractivity contribution in [2.24, 2.45) is 0 Å². The number of carbonyl (C=O) groups is 1. The second kappa shape index (κ2) is 8.35. The molecule has 1 aliphatic rings. The van der Waals surface area contributed by atoms with Crippen molar-refractivity contribution in [3.05, 3.63) is 78.1 Å². The Kier molecular flexibility index (Phi) is 5.47. The number of amides is 1. The van der Waals surface area contributed by atoms with Gasteiger partial charge in [0, 0.05) is 30.0 Å². The van der Waals surface area contributed by atoms with Crippen molar-refractivity contribution in [3.63, 3.8) is 0 Å². The summed E-state index contributed by atoms with van der Waals surface area (Å²) in [6.07, 6.45) is 3.48. The Hall–Kier alpha value is -3.34. The maximum absolute atomic E-state index is 14.1. The van der Waals surface area contributed by atoms with E-state index in [1.165, 1.54) is 12.5 Å². The topological polar surface area (TPSA) is 52.6 Å². The summed E-state index contributed by atoms with van der Waals surface area (Å²) >= 11 is 0. The van der Waals surface area contributed by atoms with Crippen LogP contribution in [0.3, 0.4) is 0 Å².